The molecule has 1 heterocycles. The molecule has 2 rings (SSSR count). The number of aromatic hydroxyl groups is 1. The normalized spacial score (nSPS) is 11.3. The molecule has 176 valence electrons. The Morgan fingerprint density at radius 2 is 1.82 bits per heavy atom. The van der Waals surface area contributed by atoms with Crippen molar-refractivity contribution in [3.05, 3.63) is 64.1 Å². The van der Waals surface area contributed by atoms with Gasteiger partial charge in [0.2, 0.25) is 17.2 Å². The number of carbonyl (C=O) groups is 4. The second-order valence-corrected chi connectivity index (χ2v) is 7.43. The monoisotopic (exact) mass is 457 g/mol. The van der Waals surface area contributed by atoms with Crippen LogP contribution in [0.25, 0.3) is 0 Å². The van der Waals surface area contributed by atoms with Crippen molar-refractivity contribution in [2.75, 3.05) is 13.7 Å². The van der Waals surface area contributed by atoms with Crippen LogP contribution in [0.15, 0.2) is 47.4 Å². The number of nitrogens with one attached hydrogen (secondary N) is 2. The minimum absolute atomic E-state index is 0.0716. The Balaban J connectivity index is 2.05. The average Bonchev–Trinajstić information content (AvgIpc) is 2.79. The SMILES string of the molecule is COC(=O)CCC(=O)CNC(=O)[C@H](Cc1ccccc1)NC(=O)Cn1cc(O)c(=O)cc1C. The molecule has 0 unspecified atom stereocenters. The predicted molar refractivity (Wildman–Crippen MR) is 118 cm³/mol. The molecule has 0 radical (unpaired) electrons. The second kappa shape index (κ2) is 12.2. The summed E-state index contributed by atoms with van der Waals surface area (Å²) >= 11 is 0. The van der Waals surface area contributed by atoms with Crippen LogP contribution in [0.2, 0.25) is 0 Å². The van der Waals surface area contributed by atoms with Gasteiger partial charge in [0.05, 0.1) is 26.3 Å². The number of nitrogens with zero attached hydrogens (tertiary/aromatic N) is 1. The summed E-state index contributed by atoms with van der Waals surface area (Å²) in [6.07, 6.45) is 1.19. The molecule has 1 atom stereocenters. The van der Waals surface area contributed by atoms with Crippen molar-refractivity contribution in [2.45, 2.75) is 38.8 Å². The van der Waals surface area contributed by atoms with Crippen LogP contribution in [0.5, 0.6) is 5.75 Å². The van der Waals surface area contributed by atoms with E-state index in [-0.39, 0.29) is 38.1 Å². The standard InChI is InChI=1S/C23H27N3O7/c1-15-10-19(28)20(29)13-26(15)14-21(30)25-18(11-16-6-4-3-5-7-16)23(32)24-12-17(27)8-9-22(31)33-2/h3-7,10,13,18,29H,8-9,11-12,14H2,1-2H3,(H,24,32)(H,25,30)/t18-/m0/s1. The number of ether oxygens (including phenoxy) is 1. The van der Waals surface area contributed by atoms with E-state index in [4.69, 9.17) is 0 Å². The van der Waals surface area contributed by atoms with E-state index >= 15 is 0 Å². The van der Waals surface area contributed by atoms with Crippen LogP contribution in [0.3, 0.4) is 0 Å². The molecule has 1 aromatic carbocycles. The van der Waals surface area contributed by atoms with Crippen molar-refractivity contribution in [1.82, 2.24) is 15.2 Å². The Bertz CT molecular complexity index is 1060. The number of amides is 2. The Labute approximate surface area is 190 Å². The number of hydrogen-bond acceptors (Lipinski definition) is 7. The summed E-state index contributed by atoms with van der Waals surface area (Å²) in [7, 11) is 1.22. The third-order valence-corrected chi connectivity index (χ3v) is 4.87. The number of aryl methyl sites for hydroxylation is 1. The molecular formula is C23H27N3O7. The van der Waals surface area contributed by atoms with E-state index in [1.165, 1.54) is 17.7 Å². The molecule has 0 spiro atoms. The van der Waals surface area contributed by atoms with Crippen LogP contribution < -0.4 is 16.1 Å². The highest BCUT2D eigenvalue weighted by molar-refractivity contribution is 5.92. The summed E-state index contributed by atoms with van der Waals surface area (Å²) in [6, 6.07) is 9.26. The summed E-state index contributed by atoms with van der Waals surface area (Å²) < 4.78 is 5.87. The van der Waals surface area contributed by atoms with Gasteiger partial charge in [-0.05, 0) is 12.5 Å². The number of rotatable bonds is 11. The quantitative estimate of drug-likeness (QED) is 0.410. The van der Waals surface area contributed by atoms with E-state index in [9.17, 15) is 29.1 Å². The molecule has 1 aromatic heterocycles. The number of Topliss-reactive ketones (excluding diaryl/α,β-unsaturated/α-hetero) is 1. The lowest BCUT2D eigenvalue weighted by atomic mass is 10.0. The van der Waals surface area contributed by atoms with Gasteiger partial charge in [-0.15, -0.1) is 0 Å². The summed E-state index contributed by atoms with van der Waals surface area (Å²) in [4.78, 5) is 60.0. The molecule has 0 bridgehead atoms. The smallest absolute Gasteiger partial charge is 0.305 e. The maximum absolute atomic E-state index is 12.7. The number of carbonyl (C=O) groups excluding carboxylic acids is 4. The fourth-order valence-electron chi connectivity index (χ4n) is 3.02. The zero-order valence-electron chi connectivity index (χ0n) is 18.5. The van der Waals surface area contributed by atoms with Gasteiger partial charge in [0.1, 0.15) is 12.6 Å². The maximum Gasteiger partial charge on any atom is 0.305 e. The Morgan fingerprint density at radius 3 is 2.48 bits per heavy atom. The van der Waals surface area contributed by atoms with Crippen molar-refractivity contribution >= 4 is 23.6 Å². The molecule has 2 aromatic rings. The van der Waals surface area contributed by atoms with E-state index < -0.39 is 35.0 Å². The van der Waals surface area contributed by atoms with Crippen LogP contribution in [-0.4, -0.2) is 52.9 Å². The first-order chi connectivity index (χ1) is 15.7. The van der Waals surface area contributed by atoms with E-state index in [0.717, 1.165) is 11.8 Å². The van der Waals surface area contributed by atoms with Gasteiger partial charge >= 0.3 is 5.97 Å². The first-order valence-electron chi connectivity index (χ1n) is 10.3. The highest BCUT2D eigenvalue weighted by Crippen LogP contribution is 2.06. The summed E-state index contributed by atoms with van der Waals surface area (Å²) in [5.74, 6) is -2.43. The third-order valence-electron chi connectivity index (χ3n) is 4.87. The molecule has 0 aliphatic heterocycles. The van der Waals surface area contributed by atoms with Crippen molar-refractivity contribution in [2.24, 2.45) is 0 Å². The Hall–Kier alpha value is -3.95. The Morgan fingerprint density at radius 1 is 1.12 bits per heavy atom. The van der Waals surface area contributed by atoms with E-state index in [0.29, 0.717) is 5.69 Å². The summed E-state index contributed by atoms with van der Waals surface area (Å²) in [5, 5.41) is 14.8. The van der Waals surface area contributed by atoms with Gasteiger partial charge in [0.25, 0.3) is 0 Å². The van der Waals surface area contributed by atoms with Crippen molar-refractivity contribution in [3.8, 4) is 5.75 Å². The molecule has 0 aliphatic rings. The number of pyridine rings is 1. The molecule has 3 N–H and O–H groups in total. The average molecular weight is 457 g/mol. The van der Waals surface area contributed by atoms with Crippen molar-refractivity contribution < 1.29 is 29.0 Å². The Kier molecular flexibility index (Phi) is 9.34. The summed E-state index contributed by atoms with van der Waals surface area (Å²) in [5.41, 5.74) is 0.711. The molecular weight excluding hydrogens is 430 g/mol. The van der Waals surface area contributed by atoms with Crippen LogP contribution >= 0.6 is 0 Å². The first-order valence-corrected chi connectivity index (χ1v) is 10.3. The molecule has 10 nitrogen and oxygen atoms in total. The number of hydrogen-bond donors (Lipinski definition) is 3. The van der Waals surface area contributed by atoms with Gasteiger partial charge in [0, 0.05) is 24.6 Å². The molecule has 10 heteroatoms. The van der Waals surface area contributed by atoms with Gasteiger partial charge < -0.3 is 25.0 Å². The molecule has 0 fully saturated rings. The van der Waals surface area contributed by atoms with Gasteiger partial charge in [-0.1, -0.05) is 30.3 Å². The van der Waals surface area contributed by atoms with E-state index in [1.807, 2.05) is 6.07 Å². The van der Waals surface area contributed by atoms with Gasteiger partial charge in [-0.2, -0.15) is 0 Å². The zero-order chi connectivity index (χ0) is 24.4. The zero-order valence-corrected chi connectivity index (χ0v) is 18.5. The highest BCUT2D eigenvalue weighted by atomic mass is 16.5. The molecule has 0 aliphatic carbocycles. The molecule has 0 saturated carbocycles. The van der Waals surface area contributed by atoms with Crippen LogP contribution in [0, 0.1) is 6.92 Å². The molecule has 33 heavy (non-hydrogen) atoms. The van der Waals surface area contributed by atoms with E-state index in [2.05, 4.69) is 15.4 Å². The lowest BCUT2D eigenvalue weighted by Crippen LogP contribution is -2.49. The highest BCUT2D eigenvalue weighted by Gasteiger charge is 2.22. The number of aromatic nitrogens is 1. The third kappa shape index (κ3) is 8.24. The fraction of sp³-hybridized carbons (Fsp3) is 0.348. The topological polar surface area (TPSA) is 144 Å². The van der Waals surface area contributed by atoms with Crippen molar-refractivity contribution in [1.29, 1.82) is 0 Å². The number of methoxy groups -OCH3 is 1. The minimum atomic E-state index is -0.971. The van der Waals surface area contributed by atoms with Crippen molar-refractivity contribution in [3.63, 3.8) is 0 Å². The van der Waals surface area contributed by atoms with Crippen LogP contribution in [0.1, 0.15) is 24.1 Å². The largest absolute Gasteiger partial charge is 0.503 e. The van der Waals surface area contributed by atoms with Gasteiger partial charge in [0.15, 0.2) is 11.5 Å². The first kappa shape index (κ1) is 25.3. The van der Waals surface area contributed by atoms with Crippen LogP contribution in [0.4, 0.5) is 0 Å². The number of esters is 1. The number of benzene rings is 1. The summed E-state index contributed by atoms with van der Waals surface area (Å²) in [6.45, 7) is 1.10. The van der Waals surface area contributed by atoms with Crippen LogP contribution in [-0.2, 0) is 36.9 Å². The number of ketones is 1. The molecule has 2 amide bonds. The fourth-order valence-corrected chi connectivity index (χ4v) is 3.02. The van der Waals surface area contributed by atoms with E-state index in [1.54, 1.807) is 31.2 Å². The lowest BCUT2D eigenvalue weighted by Gasteiger charge is -2.19. The lowest BCUT2D eigenvalue weighted by molar-refractivity contribution is -0.141. The predicted octanol–water partition coefficient (Wildman–Crippen LogP) is 0.228. The molecule has 0 saturated heterocycles. The maximum atomic E-state index is 12.7. The van der Waals surface area contributed by atoms with Gasteiger partial charge in [-0.25, -0.2) is 0 Å². The second-order valence-electron chi connectivity index (χ2n) is 7.43. The minimum Gasteiger partial charge on any atom is -0.503 e. The van der Waals surface area contributed by atoms with Gasteiger partial charge in [-0.3, -0.25) is 24.0 Å².